The van der Waals surface area contributed by atoms with E-state index in [9.17, 15) is 0 Å². The summed E-state index contributed by atoms with van der Waals surface area (Å²) >= 11 is 0. The lowest BCUT2D eigenvalue weighted by molar-refractivity contribution is 0.495. The van der Waals surface area contributed by atoms with E-state index in [0.717, 1.165) is 25.9 Å². The van der Waals surface area contributed by atoms with Crippen LogP contribution in [-0.2, 0) is 0 Å². The predicted molar refractivity (Wildman–Crippen MR) is 53.1 cm³/mol. The third kappa shape index (κ3) is 2.61. The van der Waals surface area contributed by atoms with Gasteiger partial charge in [0.2, 0.25) is 0 Å². The van der Waals surface area contributed by atoms with Crippen molar-refractivity contribution in [2.24, 2.45) is 0 Å². The molecule has 0 amide bonds. The summed E-state index contributed by atoms with van der Waals surface area (Å²) < 4.78 is 0. The Bertz CT molecular complexity index is 205. The van der Waals surface area contributed by atoms with Gasteiger partial charge in [-0.3, -0.25) is 16.1 Å². The van der Waals surface area contributed by atoms with Crippen LogP contribution in [0.25, 0.3) is 0 Å². The predicted octanol–water partition coefficient (Wildman–Crippen LogP) is 0.103. The molecule has 0 unspecified atom stereocenters. The first-order valence-electron chi connectivity index (χ1n) is 4.47. The maximum Gasteiger partial charge on any atom is 0.197 e. The topological polar surface area (TPSA) is 66.2 Å². The lowest BCUT2D eigenvalue weighted by Crippen LogP contribution is -2.46. The maximum atomic E-state index is 7.66. The molecule has 5 nitrogen and oxygen atoms in total. The first-order valence-corrected chi connectivity index (χ1v) is 4.47. The van der Waals surface area contributed by atoms with E-state index in [0.29, 0.717) is 5.96 Å². The van der Waals surface area contributed by atoms with Crippen LogP contribution in [0.3, 0.4) is 0 Å². The van der Waals surface area contributed by atoms with Gasteiger partial charge < -0.3 is 9.80 Å². The molecular weight excluding hydrogens is 166 g/mol. The average Bonchev–Trinajstić information content (AvgIpc) is 2.55. The lowest BCUT2D eigenvalue weighted by Gasteiger charge is -2.22. The van der Waals surface area contributed by atoms with Crippen LogP contribution in [0.15, 0.2) is 0 Å². The first-order chi connectivity index (χ1) is 6.11. The van der Waals surface area contributed by atoms with Gasteiger partial charge in [-0.1, -0.05) is 0 Å². The fourth-order valence-electron chi connectivity index (χ4n) is 1.24. The lowest BCUT2D eigenvalue weighted by atomic mass is 10.4. The normalized spacial score (nSPS) is 15.7. The molecule has 0 radical (unpaired) electrons. The molecule has 1 aliphatic heterocycles. The van der Waals surface area contributed by atoms with Crippen LogP contribution < -0.4 is 5.32 Å². The molecule has 0 aromatic carbocycles. The zero-order chi connectivity index (χ0) is 9.84. The molecule has 0 atom stereocenters. The Hall–Kier alpha value is -1.26. The molecule has 13 heavy (non-hydrogen) atoms. The van der Waals surface area contributed by atoms with Crippen LogP contribution in [0, 0.1) is 10.8 Å². The minimum Gasteiger partial charge on any atom is -0.349 e. The van der Waals surface area contributed by atoms with Crippen LogP contribution >= 0.6 is 0 Å². The summed E-state index contributed by atoms with van der Waals surface area (Å²) in [7, 11) is 3.57. The van der Waals surface area contributed by atoms with Crippen molar-refractivity contribution in [1.29, 1.82) is 10.8 Å². The van der Waals surface area contributed by atoms with Crippen molar-refractivity contribution >= 4 is 11.9 Å². The van der Waals surface area contributed by atoms with E-state index in [2.05, 4.69) is 5.32 Å². The third-order valence-corrected chi connectivity index (χ3v) is 2.11. The van der Waals surface area contributed by atoms with Crippen molar-refractivity contribution in [3.8, 4) is 0 Å². The van der Waals surface area contributed by atoms with Crippen LogP contribution in [-0.4, -0.2) is 48.9 Å². The highest BCUT2D eigenvalue weighted by molar-refractivity contribution is 5.95. The maximum absolute atomic E-state index is 7.66. The first kappa shape index (κ1) is 9.83. The highest BCUT2D eigenvalue weighted by Crippen LogP contribution is 2.06. The Labute approximate surface area is 78.7 Å². The molecule has 1 fully saturated rings. The van der Waals surface area contributed by atoms with E-state index in [1.54, 1.807) is 19.0 Å². The summed E-state index contributed by atoms with van der Waals surface area (Å²) in [6, 6.07) is 0. The molecule has 0 aromatic heterocycles. The van der Waals surface area contributed by atoms with Gasteiger partial charge in [0.05, 0.1) is 0 Å². The van der Waals surface area contributed by atoms with E-state index >= 15 is 0 Å². The smallest absolute Gasteiger partial charge is 0.197 e. The second kappa shape index (κ2) is 4.11. The molecule has 1 aliphatic rings. The second-order valence-corrected chi connectivity index (χ2v) is 3.41. The van der Waals surface area contributed by atoms with Crippen molar-refractivity contribution in [3.63, 3.8) is 0 Å². The van der Waals surface area contributed by atoms with E-state index < -0.39 is 0 Å². The Morgan fingerprint density at radius 3 is 2.23 bits per heavy atom. The van der Waals surface area contributed by atoms with Crippen LogP contribution in [0.5, 0.6) is 0 Å². The number of nitrogens with one attached hydrogen (secondary N) is 3. The van der Waals surface area contributed by atoms with Gasteiger partial charge >= 0.3 is 0 Å². The van der Waals surface area contributed by atoms with Gasteiger partial charge in [-0.2, -0.15) is 0 Å². The molecule has 0 bridgehead atoms. The van der Waals surface area contributed by atoms with Crippen molar-refractivity contribution in [2.75, 3.05) is 27.2 Å². The number of nitrogens with zero attached hydrogens (tertiary/aromatic N) is 2. The summed E-state index contributed by atoms with van der Waals surface area (Å²) in [6.45, 7) is 1.87. The number of hydrogen-bond acceptors (Lipinski definition) is 2. The molecular formula is C8H17N5. The highest BCUT2D eigenvalue weighted by Gasteiger charge is 2.15. The van der Waals surface area contributed by atoms with Crippen LogP contribution in [0.2, 0.25) is 0 Å². The molecule has 1 rings (SSSR count). The van der Waals surface area contributed by atoms with E-state index in [1.807, 2.05) is 4.90 Å². The fraction of sp³-hybridized carbons (Fsp3) is 0.750. The van der Waals surface area contributed by atoms with Gasteiger partial charge in [-0.25, -0.2) is 0 Å². The highest BCUT2D eigenvalue weighted by atomic mass is 15.3. The van der Waals surface area contributed by atoms with E-state index in [-0.39, 0.29) is 5.96 Å². The molecule has 0 aromatic rings. The zero-order valence-corrected chi connectivity index (χ0v) is 8.22. The molecule has 1 saturated heterocycles. The summed E-state index contributed by atoms with van der Waals surface area (Å²) in [4.78, 5) is 3.60. The molecule has 1 heterocycles. The molecule has 0 spiro atoms. The Balaban J connectivity index is 2.36. The van der Waals surface area contributed by atoms with Crippen LogP contribution in [0.1, 0.15) is 12.8 Å². The quantitative estimate of drug-likeness (QED) is 0.369. The summed E-state index contributed by atoms with van der Waals surface area (Å²) in [5, 5.41) is 17.9. The number of hydrogen-bond donors (Lipinski definition) is 3. The molecule has 74 valence electrons. The van der Waals surface area contributed by atoms with Crippen LogP contribution in [0.4, 0.5) is 0 Å². The van der Waals surface area contributed by atoms with Crippen molar-refractivity contribution < 1.29 is 0 Å². The number of guanidine groups is 2. The SMILES string of the molecule is CN(C)C(=N)NC(=N)N1CCCC1. The second-order valence-electron chi connectivity index (χ2n) is 3.41. The average molecular weight is 183 g/mol. The molecule has 3 N–H and O–H groups in total. The summed E-state index contributed by atoms with van der Waals surface area (Å²) in [5.41, 5.74) is 0. The minimum absolute atomic E-state index is 0.261. The minimum atomic E-state index is 0.261. The van der Waals surface area contributed by atoms with E-state index in [1.165, 1.54) is 0 Å². The Kier molecular flexibility index (Phi) is 3.11. The molecule has 0 saturated carbocycles. The monoisotopic (exact) mass is 183 g/mol. The van der Waals surface area contributed by atoms with Gasteiger partial charge in [0.15, 0.2) is 11.9 Å². The van der Waals surface area contributed by atoms with Crippen molar-refractivity contribution in [3.05, 3.63) is 0 Å². The van der Waals surface area contributed by atoms with Gasteiger partial charge in [-0.15, -0.1) is 0 Å². The van der Waals surface area contributed by atoms with Gasteiger partial charge in [0.25, 0.3) is 0 Å². The molecule has 0 aliphatic carbocycles. The number of rotatable bonds is 0. The standard InChI is InChI=1S/C8H17N5/c1-12(2)7(9)11-8(10)13-5-3-4-6-13/h3-6H2,1-2H3,(H3,9,10,11). The fourth-order valence-corrected chi connectivity index (χ4v) is 1.24. The number of likely N-dealkylation sites (tertiary alicyclic amines) is 1. The van der Waals surface area contributed by atoms with Gasteiger partial charge in [0.1, 0.15) is 0 Å². The van der Waals surface area contributed by atoms with Gasteiger partial charge in [-0.05, 0) is 12.8 Å². The Morgan fingerprint density at radius 2 is 1.77 bits per heavy atom. The third-order valence-electron chi connectivity index (χ3n) is 2.11. The molecule has 5 heteroatoms. The summed E-state index contributed by atoms with van der Waals surface area (Å²) in [5.74, 6) is 0.605. The van der Waals surface area contributed by atoms with E-state index in [4.69, 9.17) is 10.8 Å². The van der Waals surface area contributed by atoms with Gasteiger partial charge in [0, 0.05) is 27.2 Å². The van der Waals surface area contributed by atoms with Crippen molar-refractivity contribution in [2.45, 2.75) is 12.8 Å². The zero-order valence-electron chi connectivity index (χ0n) is 8.22. The van der Waals surface area contributed by atoms with Crippen molar-refractivity contribution in [1.82, 2.24) is 15.1 Å². The Morgan fingerprint density at radius 1 is 1.23 bits per heavy atom. The largest absolute Gasteiger partial charge is 0.349 e. The summed E-state index contributed by atoms with van der Waals surface area (Å²) in [6.07, 6.45) is 2.30.